The Balaban J connectivity index is 1.28. The number of sulfonamides is 2. The van der Waals surface area contributed by atoms with Crippen molar-refractivity contribution in [1.82, 2.24) is 4.31 Å². The maximum Gasteiger partial charge on any atom is 0.338 e. The van der Waals surface area contributed by atoms with Gasteiger partial charge in [0.05, 0.1) is 10.5 Å². The Morgan fingerprint density at radius 3 is 2.14 bits per heavy atom. The van der Waals surface area contributed by atoms with E-state index < -0.39 is 38.5 Å². The van der Waals surface area contributed by atoms with E-state index in [-0.39, 0.29) is 20.4 Å². The molecule has 2 aromatic carbocycles. The van der Waals surface area contributed by atoms with Crippen LogP contribution in [0.2, 0.25) is 0 Å². The molecule has 1 saturated heterocycles. The number of carbonyl (C=O) groups is 2. The molecule has 190 valence electrons. The van der Waals surface area contributed by atoms with Crippen LogP contribution < -0.4 is 10.0 Å². The molecule has 1 aliphatic rings. The van der Waals surface area contributed by atoms with Gasteiger partial charge in [-0.2, -0.15) is 4.31 Å². The quantitative estimate of drug-likeness (QED) is 0.391. The van der Waals surface area contributed by atoms with Crippen LogP contribution in [0, 0.1) is 0 Å². The van der Waals surface area contributed by atoms with Gasteiger partial charge in [-0.15, -0.1) is 11.3 Å². The zero-order valence-corrected chi connectivity index (χ0v) is 21.4. The lowest BCUT2D eigenvalue weighted by Gasteiger charge is -2.15. The smallest absolute Gasteiger partial charge is 0.338 e. The van der Waals surface area contributed by atoms with E-state index in [0.717, 1.165) is 24.2 Å². The molecule has 1 amide bonds. The number of nitrogens with zero attached hydrogens (tertiary/aromatic N) is 1. The Morgan fingerprint density at radius 2 is 1.53 bits per heavy atom. The van der Waals surface area contributed by atoms with Crippen molar-refractivity contribution in [1.29, 1.82) is 0 Å². The molecule has 4 rings (SSSR count). The van der Waals surface area contributed by atoms with Crippen molar-refractivity contribution < 1.29 is 31.2 Å². The Bertz CT molecular complexity index is 1430. The van der Waals surface area contributed by atoms with Gasteiger partial charge >= 0.3 is 5.97 Å². The van der Waals surface area contributed by atoms with Gasteiger partial charge in [0.2, 0.25) is 10.0 Å². The molecule has 0 unspecified atom stereocenters. The third-order valence-electron chi connectivity index (χ3n) is 5.31. The molecule has 0 bridgehead atoms. The average Bonchev–Trinajstić information content (AvgIpc) is 3.59. The lowest BCUT2D eigenvalue weighted by Crippen LogP contribution is -2.27. The van der Waals surface area contributed by atoms with Crippen LogP contribution >= 0.6 is 11.3 Å². The number of amides is 1. The first-order chi connectivity index (χ1) is 17.1. The van der Waals surface area contributed by atoms with Crippen LogP contribution in [0.25, 0.3) is 0 Å². The number of carbonyl (C=O) groups excluding carboxylic acids is 2. The molecule has 1 aromatic heterocycles. The zero-order valence-electron chi connectivity index (χ0n) is 18.9. The predicted molar refractivity (Wildman–Crippen MR) is 135 cm³/mol. The van der Waals surface area contributed by atoms with Gasteiger partial charge in [0, 0.05) is 24.5 Å². The van der Waals surface area contributed by atoms with E-state index in [0.29, 0.717) is 18.8 Å². The normalized spacial score (nSPS) is 14.3. The molecule has 0 spiro atoms. The highest BCUT2D eigenvalue weighted by molar-refractivity contribution is 7.94. The Labute approximate surface area is 213 Å². The fourth-order valence-electron chi connectivity index (χ4n) is 3.50. The molecule has 1 aliphatic heterocycles. The van der Waals surface area contributed by atoms with E-state index in [2.05, 4.69) is 10.0 Å². The summed E-state index contributed by atoms with van der Waals surface area (Å²) in [7, 11) is -7.25. The molecule has 10 nitrogen and oxygen atoms in total. The lowest BCUT2D eigenvalue weighted by atomic mass is 10.2. The minimum Gasteiger partial charge on any atom is -0.452 e. The van der Waals surface area contributed by atoms with Crippen molar-refractivity contribution in [2.45, 2.75) is 21.9 Å². The molecule has 0 saturated carbocycles. The number of anilines is 2. The lowest BCUT2D eigenvalue weighted by molar-refractivity contribution is -0.119. The number of benzene rings is 2. The summed E-state index contributed by atoms with van der Waals surface area (Å²) < 4.78 is 58.7. The van der Waals surface area contributed by atoms with Gasteiger partial charge in [0.25, 0.3) is 15.9 Å². The molecular weight excluding hydrogens is 526 g/mol. The van der Waals surface area contributed by atoms with Gasteiger partial charge in [-0.05, 0) is 72.8 Å². The number of hydrogen-bond donors (Lipinski definition) is 2. The summed E-state index contributed by atoms with van der Waals surface area (Å²) in [6.07, 6.45) is 1.68. The fraction of sp³-hybridized carbons (Fsp3) is 0.217. The highest BCUT2D eigenvalue weighted by Crippen LogP contribution is 2.23. The van der Waals surface area contributed by atoms with Crippen molar-refractivity contribution in [2.24, 2.45) is 0 Å². The van der Waals surface area contributed by atoms with Crippen molar-refractivity contribution >= 4 is 54.6 Å². The molecule has 2 N–H and O–H groups in total. The highest BCUT2D eigenvalue weighted by atomic mass is 32.2. The summed E-state index contributed by atoms with van der Waals surface area (Å²) in [6, 6.07) is 14.5. The summed E-state index contributed by atoms with van der Waals surface area (Å²) in [5.74, 6) is -1.36. The summed E-state index contributed by atoms with van der Waals surface area (Å²) in [6.45, 7) is 0.443. The molecule has 0 aliphatic carbocycles. The Hall–Kier alpha value is -3.26. The van der Waals surface area contributed by atoms with E-state index in [1.54, 1.807) is 11.4 Å². The Morgan fingerprint density at radius 1 is 0.889 bits per heavy atom. The van der Waals surface area contributed by atoms with Crippen LogP contribution in [0.5, 0.6) is 0 Å². The molecule has 36 heavy (non-hydrogen) atoms. The first-order valence-electron chi connectivity index (χ1n) is 10.9. The van der Waals surface area contributed by atoms with Crippen LogP contribution in [-0.4, -0.2) is 52.7 Å². The molecule has 0 radical (unpaired) electrons. The number of hydrogen-bond acceptors (Lipinski definition) is 8. The number of esters is 1. The fourth-order valence-corrected chi connectivity index (χ4v) is 7.06. The van der Waals surface area contributed by atoms with Crippen molar-refractivity contribution in [3.8, 4) is 0 Å². The molecule has 0 atom stereocenters. The van der Waals surface area contributed by atoms with Gasteiger partial charge < -0.3 is 10.1 Å². The van der Waals surface area contributed by atoms with E-state index >= 15 is 0 Å². The van der Waals surface area contributed by atoms with E-state index in [1.165, 1.54) is 58.9 Å². The topological polar surface area (TPSA) is 139 Å². The van der Waals surface area contributed by atoms with Gasteiger partial charge in [-0.3, -0.25) is 9.52 Å². The molecule has 3 aromatic rings. The molecular formula is C23H23N3O7S3. The number of ether oxygens (including phenoxy) is 1. The third-order valence-corrected chi connectivity index (χ3v) is 10.00. The largest absolute Gasteiger partial charge is 0.452 e. The van der Waals surface area contributed by atoms with Gasteiger partial charge in [-0.25, -0.2) is 21.6 Å². The van der Waals surface area contributed by atoms with E-state index in [9.17, 15) is 26.4 Å². The predicted octanol–water partition coefficient (Wildman–Crippen LogP) is 3.13. The van der Waals surface area contributed by atoms with Gasteiger partial charge in [0.15, 0.2) is 6.61 Å². The standard InChI is InChI=1S/C23H23N3O7S3/c27-21(24-18-9-11-20(12-10-18)36(31,32)26-13-1-2-14-26)16-33-23(28)17-5-7-19(8-6-17)25-35(29,30)22-4-3-15-34-22/h3-12,15,25H,1-2,13-14,16H2,(H,24,27). The van der Waals surface area contributed by atoms with E-state index in [4.69, 9.17) is 4.74 Å². The zero-order chi connectivity index (χ0) is 25.8. The molecule has 1 fully saturated rings. The number of thiophene rings is 1. The summed E-state index contributed by atoms with van der Waals surface area (Å²) in [5, 5.41) is 4.20. The second-order valence-corrected chi connectivity index (χ2v) is 12.7. The van der Waals surface area contributed by atoms with Crippen LogP contribution in [-0.2, 0) is 29.6 Å². The van der Waals surface area contributed by atoms with Crippen molar-refractivity contribution in [3.63, 3.8) is 0 Å². The Kier molecular flexibility index (Phi) is 7.73. The molecule has 2 heterocycles. The second kappa shape index (κ2) is 10.8. The van der Waals surface area contributed by atoms with Gasteiger partial charge in [-0.1, -0.05) is 6.07 Å². The minimum atomic E-state index is -3.71. The van der Waals surface area contributed by atoms with Crippen LogP contribution in [0.1, 0.15) is 23.2 Å². The first-order valence-corrected chi connectivity index (χ1v) is 14.7. The van der Waals surface area contributed by atoms with Crippen molar-refractivity contribution in [2.75, 3.05) is 29.7 Å². The average molecular weight is 550 g/mol. The van der Waals surface area contributed by atoms with Gasteiger partial charge in [0.1, 0.15) is 4.21 Å². The first kappa shape index (κ1) is 25.8. The SMILES string of the molecule is O=C(COC(=O)c1ccc(NS(=O)(=O)c2cccs2)cc1)Nc1ccc(S(=O)(=O)N2CCCC2)cc1. The van der Waals surface area contributed by atoms with Crippen LogP contribution in [0.3, 0.4) is 0 Å². The summed E-state index contributed by atoms with van der Waals surface area (Å²) in [4.78, 5) is 24.6. The maximum absolute atomic E-state index is 12.6. The maximum atomic E-state index is 12.6. The van der Waals surface area contributed by atoms with Crippen LogP contribution in [0.4, 0.5) is 11.4 Å². The monoisotopic (exact) mass is 549 g/mol. The summed E-state index contributed by atoms with van der Waals surface area (Å²) >= 11 is 1.08. The van der Waals surface area contributed by atoms with Crippen LogP contribution in [0.15, 0.2) is 75.1 Å². The number of rotatable bonds is 9. The minimum absolute atomic E-state index is 0.137. The highest BCUT2D eigenvalue weighted by Gasteiger charge is 2.27. The second-order valence-electron chi connectivity index (χ2n) is 7.87. The van der Waals surface area contributed by atoms with E-state index in [1.807, 2.05) is 0 Å². The third kappa shape index (κ3) is 6.10. The van der Waals surface area contributed by atoms with Crippen molar-refractivity contribution in [3.05, 3.63) is 71.6 Å². The number of nitrogens with one attached hydrogen (secondary N) is 2. The molecule has 13 heteroatoms. The summed E-state index contributed by atoms with van der Waals surface area (Å²) in [5.41, 5.74) is 0.769.